The fourth-order valence-electron chi connectivity index (χ4n) is 3.40. The van der Waals surface area contributed by atoms with Gasteiger partial charge in [0.1, 0.15) is 15.1 Å². The van der Waals surface area contributed by atoms with E-state index in [1.165, 1.54) is 39.3 Å². The molecule has 0 aliphatic carbocycles. The summed E-state index contributed by atoms with van der Waals surface area (Å²) < 4.78 is 0. The molecule has 0 aromatic rings. The van der Waals surface area contributed by atoms with Crippen LogP contribution in [0.25, 0.3) is 0 Å². The van der Waals surface area contributed by atoms with Gasteiger partial charge in [-0.05, 0) is 11.8 Å². The number of hydrogen-bond donors (Lipinski definition) is 0. The van der Waals surface area contributed by atoms with Gasteiger partial charge in [0.15, 0.2) is 0 Å². The van der Waals surface area contributed by atoms with Crippen LogP contribution >= 0.6 is 0 Å². The molecule has 0 saturated carbocycles. The highest BCUT2D eigenvalue weighted by Crippen LogP contribution is 2.58. The molecule has 2 unspecified atom stereocenters. The minimum Gasteiger partial charge on any atom is -0.0771 e. The van der Waals surface area contributed by atoms with Gasteiger partial charge in [-0.3, -0.25) is 0 Å². The van der Waals surface area contributed by atoms with E-state index in [0.717, 1.165) is 5.92 Å². The second kappa shape index (κ2) is 4.33. The van der Waals surface area contributed by atoms with Gasteiger partial charge in [0.25, 0.3) is 0 Å². The predicted octanol–water partition coefficient (Wildman–Crippen LogP) is 2.85. The van der Waals surface area contributed by atoms with Crippen LogP contribution in [0.15, 0.2) is 0 Å². The van der Waals surface area contributed by atoms with E-state index in [2.05, 4.69) is 35.5 Å². The summed E-state index contributed by atoms with van der Waals surface area (Å²) in [5.41, 5.74) is 0.622. The van der Waals surface area contributed by atoms with Crippen molar-refractivity contribution in [2.45, 2.75) is 64.9 Å². The third kappa shape index (κ3) is 1.90. The molecule has 0 spiro atoms. The summed E-state index contributed by atoms with van der Waals surface area (Å²) in [6.07, 6.45) is 7.12. The largest absolute Gasteiger partial charge is 0.119 e. The maximum absolute atomic E-state index is 2.54. The lowest BCUT2D eigenvalue weighted by atomic mass is 9.34. The van der Waals surface area contributed by atoms with Crippen LogP contribution < -0.4 is 0 Å². The van der Waals surface area contributed by atoms with E-state index in [0.29, 0.717) is 10.6 Å². The molecule has 0 bridgehead atoms. The summed E-state index contributed by atoms with van der Waals surface area (Å²) in [5, 5.41) is 0.599. The van der Waals surface area contributed by atoms with Crippen LogP contribution in [-0.4, -0.2) is 15.1 Å². The predicted molar refractivity (Wildman–Crippen MR) is 70.3 cm³/mol. The van der Waals surface area contributed by atoms with Gasteiger partial charge in [0.05, 0.1) is 0 Å². The summed E-state index contributed by atoms with van der Waals surface area (Å²) in [4.78, 5) is 0. The minimum atomic E-state index is 0.599. The van der Waals surface area contributed by atoms with Gasteiger partial charge < -0.3 is 0 Å². The normalized spacial score (nSPS) is 37.5. The fourth-order valence-corrected chi connectivity index (χ4v) is 3.40. The lowest BCUT2D eigenvalue weighted by molar-refractivity contribution is 0.210. The second-order valence-corrected chi connectivity index (χ2v) is 6.09. The maximum atomic E-state index is 2.54. The Morgan fingerprint density at radius 3 is 2.57 bits per heavy atom. The molecule has 0 amide bonds. The van der Waals surface area contributed by atoms with Gasteiger partial charge in [0, 0.05) is 0 Å². The first-order chi connectivity index (χ1) is 6.46. The Morgan fingerprint density at radius 1 is 1.43 bits per heavy atom. The van der Waals surface area contributed by atoms with Gasteiger partial charge >= 0.3 is 0 Å². The second-order valence-electron chi connectivity index (χ2n) is 6.09. The van der Waals surface area contributed by atoms with E-state index in [1.807, 2.05) is 0 Å². The van der Waals surface area contributed by atoms with Gasteiger partial charge in [-0.25, -0.2) is 0 Å². The van der Waals surface area contributed by atoms with Gasteiger partial charge in [-0.2, -0.15) is 0 Å². The SMILES string of the molecule is BC1(C(C)C)BCCC1(C)CCCC. The summed E-state index contributed by atoms with van der Waals surface area (Å²) >= 11 is 0. The summed E-state index contributed by atoms with van der Waals surface area (Å²) in [7, 11) is 3.98. The van der Waals surface area contributed by atoms with E-state index in [1.54, 1.807) is 0 Å². The standard InChI is InChI=1S/C12H26B2/c1-5-6-7-11(4)8-9-14-12(11,13)10(2)3/h10,14H,5-9,13H2,1-4H3. The molecule has 1 aliphatic heterocycles. The molecule has 1 aliphatic rings. The zero-order valence-electron chi connectivity index (χ0n) is 10.8. The molecule has 1 saturated heterocycles. The first-order valence-electron chi connectivity index (χ1n) is 6.46. The summed E-state index contributed by atoms with van der Waals surface area (Å²) in [5.74, 6) is 0.840. The molecule has 14 heavy (non-hydrogen) atoms. The molecular formula is C12H26B2. The molecule has 2 heteroatoms. The van der Waals surface area contributed by atoms with Crippen molar-refractivity contribution in [3.05, 3.63) is 0 Å². The van der Waals surface area contributed by atoms with Crippen molar-refractivity contribution >= 4 is 15.1 Å². The van der Waals surface area contributed by atoms with E-state index in [-0.39, 0.29) is 0 Å². The van der Waals surface area contributed by atoms with E-state index in [4.69, 9.17) is 0 Å². The molecule has 0 N–H and O–H groups in total. The van der Waals surface area contributed by atoms with Crippen molar-refractivity contribution in [3.63, 3.8) is 0 Å². The number of hydrogen-bond acceptors (Lipinski definition) is 0. The van der Waals surface area contributed by atoms with Crippen LogP contribution in [0.2, 0.25) is 11.5 Å². The number of rotatable bonds is 4. The van der Waals surface area contributed by atoms with Gasteiger partial charge in [0.2, 0.25) is 0 Å². The zero-order valence-corrected chi connectivity index (χ0v) is 10.8. The molecular weight excluding hydrogens is 166 g/mol. The fraction of sp³-hybridized carbons (Fsp3) is 1.00. The third-order valence-electron chi connectivity index (χ3n) is 5.16. The monoisotopic (exact) mass is 192 g/mol. The average Bonchev–Trinajstić information content (AvgIpc) is 2.42. The summed E-state index contributed by atoms with van der Waals surface area (Å²) in [6, 6.07) is 0. The van der Waals surface area contributed by atoms with Crippen LogP contribution in [0.5, 0.6) is 0 Å². The van der Waals surface area contributed by atoms with Crippen molar-refractivity contribution in [1.29, 1.82) is 0 Å². The molecule has 0 nitrogen and oxygen atoms in total. The topological polar surface area (TPSA) is 0 Å². The molecule has 0 aromatic heterocycles. The first-order valence-corrected chi connectivity index (χ1v) is 6.46. The van der Waals surface area contributed by atoms with Crippen molar-refractivity contribution in [1.82, 2.24) is 0 Å². The molecule has 1 rings (SSSR count). The Morgan fingerprint density at radius 2 is 2.07 bits per heavy atom. The van der Waals surface area contributed by atoms with Crippen LogP contribution in [0.1, 0.15) is 53.4 Å². The quantitative estimate of drug-likeness (QED) is 0.600. The first kappa shape index (κ1) is 12.2. The Kier molecular flexibility index (Phi) is 3.77. The van der Waals surface area contributed by atoms with E-state index < -0.39 is 0 Å². The van der Waals surface area contributed by atoms with Crippen molar-refractivity contribution in [2.24, 2.45) is 11.3 Å². The molecule has 1 fully saturated rings. The highest BCUT2D eigenvalue weighted by molar-refractivity contribution is 6.55. The Balaban J connectivity index is 2.74. The smallest absolute Gasteiger partial charge is 0.0771 e. The molecule has 80 valence electrons. The highest BCUT2D eigenvalue weighted by atomic mass is 14.4. The van der Waals surface area contributed by atoms with E-state index >= 15 is 0 Å². The molecule has 2 atom stereocenters. The molecule has 0 aromatic carbocycles. The summed E-state index contributed by atoms with van der Waals surface area (Å²) in [6.45, 7) is 9.67. The van der Waals surface area contributed by atoms with Crippen LogP contribution in [0.3, 0.4) is 0 Å². The van der Waals surface area contributed by atoms with Crippen molar-refractivity contribution in [2.75, 3.05) is 0 Å². The van der Waals surface area contributed by atoms with Crippen LogP contribution in [0.4, 0.5) is 0 Å². The Hall–Kier alpha value is 0.130. The van der Waals surface area contributed by atoms with Gasteiger partial charge in [-0.1, -0.05) is 64.4 Å². The maximum Gasteiger partial charge on any atom is 0.119 e. The lowest BCUT2D eigenvalue weighted by Crippen LogP contribution is -2.37. The van der Waals surface area contributed by atoms with Gasteiger partial charge in [-0.15, -0.1) is 0 Å². The van der Waals surface area contributed by atoms with E-state index in [9.17, 15) is 0 Å². The van der Waals surface area contributed by atoms with Crippen molar-refractivity contribution in [3.8, 4) is 0 Å². The highest BCUT2D eigenvalue weighted by Gasteiger charge is 2.49. The Labute approximate surface area is 91.9 Å². The molecule has 1 heterocycles. The average molecular weight is 192 g/mol. The zero-order chi connectivity index (χ0) is 10.8. The van der Waals surface area contributed by atoms with Crippen molar-refractivity contribution < 1.29 is 0 Å². The lowest BCUT2D eigenvalue weighted by Gasteiger charge is -2.45. The minimum absolute atomic E-state index is 0.599. The van der Waals surface area contributed by atoms with Crippen LogP contribution in [0, 0.1) is 11.3 Å². The third-order valence-corrected chi connectivity index (χ3v) is 5.16. The van der Waals surface area contributed by atoms with Crippen LogP contribution in [-0.2, 0) is 0 Å². The Bertz CT molecular complexity index is 191. The number of unbranched alkanes of at least 4 members (excludes halogenated alkanes) is 1. The molecule has 0 radical (unpaired) electrons.